The van der Waals surface area contributed by atoms with Crippen LogP contribution in [0.1, 0.15) is 65.2 Å². The Morgan fingerprint density at radius 1 is 0.580 bits per heavy atom. The predicted octanol–water partition coefficient (Wildman–Crippen LogP) is 6.69. The van der Waals surface area contributed by atoms with E-state index in [1.807, 2.05) is 9.13 Å². The van der Waals surface area contributed by atoms with Gasteiger partial charge in [0.1, 0.15) is 0 Å². The zero-order valence-corrected chi connectivity index (χ0v) is 28.0. The van der Waals surface area contributed by atoms with Gasteiger partial charge in [0, 0.05) is 61.0 Å². The standard InChI is InChI=1S/C36H38N4O10/c1-3-49-33(41)11-7-5-9-17-37-29-15-13-23(39(45)46)19-25(29)35(43)27-22-32-28(21-31(27)37)36(44)26-20-24(40(47)48)14-16-30(26)38(32)18-10-6-8-12-34(42)50-4-2/h13-16,19-22H,3-12,17-18H2,1-2H3. The van der Waals surface area contributed by atoms with E-state index < -0.39 is 20.7 Å². The average Bonchev–Trinajstić information content (AvgIpc) is 3.09. The van der Waals surface area contributed by atoms with Gasteiger partial charge in [0.05, 0.1) is 55.9 Å². The summed E-state index contributed by atoms with van der Waals surface area (Å²) in [5, 5.41) is 24.2. The van der Waals surface area contributed by atoms with Crippen LogP contribution in [0.4, 0.5) is 11.4 Å². The Balaban J connectivity index is 1.68. The third kappa shape index (κ3) is 7.48. The van der Waals surface area contributed by atoms with Gasteiger partial charge in [0.25, 0.3) is 11.4 Å². The number of ether oxygens (including phenoxy) is 2. The summed E-state index contributed by atoms with van der Waals surface area (Å²) in [6, 6.07) is 11.5. The lowest BCUT2D eigenvalue weighted by Crippen LogP contribution is -2.16. The molecule has 0 atom stereocenters. The largest absolute Gasteiger partial charge is 0.466 e. The van der Waals surface area contributed by atoms with Crippen LogP contribution in [0.25, 0.3) is 43.6 Å². The lowest BCUT2D eigenvalue weighted by molar-refractivity contribution is -0.384. The van der Waals surface area contributed by atoms with Crippen molar-refractivity contribution >= 4 is 66.9 Å². The number of benzene rings is 3. The molecule has 5 aromatic rings. The van der Waals surface area contributed by atoms with Crippen LogP contribution in [0.15, 0.2) is 58.1 Å². The predicted molar refractivity (Wildman–Crippen MR) is 188 cm³/mol. The summed E-state index contributed by atoms with van der Waals surface area (Å²) >= 11 is 0. The van der Waals surface area contributed by atoms with Crippen molar-refractivity contribution < 1.29 is 28.9 Å². The van der Waals surface area contributed by atoms with Crippen molar-refractivity contribution in [3.63, 3.8) is 0 Å². The number of carbonyl (C=O) groups is 2. The Labute approximate surface area is 285 Å². The molecule has 5 rings (SSSR count). The number of aromatic nitrogens is 2. The Kier molecular flexibility index (Phi) is 11.2. The number of non-ortho nitro benzene ring substituents is 2. The first-order valence-electron chi connectivity index (χ1n) is 16.8. The van der Waals surface area contributed by atoms with Crippen LogP contribution in [-0.4, -0.2) is 44.1 Å². The molecule has 0 radical (unpaired) electrons. The monoisotopic (exact) mass is 686 g/mol. The number of esters is 2. The van der Waals surface area contributed by atoms with Crippen molar-refractivity contribution in [1.29, 1.82) is 0 Å². The molecule has 0 bridgehead atoms. The van der Waals surface area contributed by atoms with E-state index in [1.54, 1.807) is 26.0 Å². The quantitative estimate of drug-likeness (QED) is 0.0356. The summed E-state index contributed by atoms with van der Waals surface area (Å²) in [6.45, 7) is 4.85. The number of hydrogen-bond acceptors (Lipinski definition) is 10. The molecule has 2 heterocycles. The maximum atomic E-state index is 14.1. The van der Waals surface area contributed by atoms with Gasteiger partial charge in [-0.25, -0.2) is 0 Å². The Morgan fingerprint density at radius 2 is 0.960 bits per heavy atom. The van der Waals surface area contributed by atoms with Gasteiger partial charge in [-0.05, 0) is 63.8 Å². The molecular formula is C36H38N4O10. The second kappa shape index (κ2) is 15.7. The number of nitrogens with zero attached hydrogens (tertiary/aromatic N) is 4. The van der Waals surface area contributed by atoms with Gasteiger partial charge in [-0.3, -0.25) is 39.4 Å². The highest BCUT2D eigenvalue weighted by Crippen LogP contribution is 2.30. The maximum absolute atomic E-state index is 14.1. The number of nitro benzene ring substituents is 2. The van der Waals surface area contributed by atoms with Gasteiger partial charge >= 0.3 is 11.9 Å². The summed E-state index contributed by atoms with van der Waals surface area (Å²) < 4.78 is 13.7. The topological polar surface area (TPSA) is 183 Å². The SMILES string of the molecule is CCOC(=O)CCCCCn1c2ccc([N+](=O)[O-])cc2c(=O)c2cc3c(cc21)c(=O)c1cc([N+](=O)[O-])ccc1n3CCCCCC(=O)OCC. The molecule has 14 nitrogen and oxygen atoms in total. The van der Waals surface area contributed by atoms with Crippen LogP contribution in [0.2, 0.25) is 0 Å². The molecule has 0 N–H and O–H groups in total. The van der Waals surface area contributed by atoms with E-state index in [4.69, 9.17) is 9.47 Å². The molecule has 2 aromatic heterocycles. The third-order valence-electron chi connectivity index (χ3n) is 8.77. The lowest BCUT2D eigenvalue weighted by Gasteiger charge is -2.19. The molecule has 0 aliphatic rings. The van der Waals surface area contributed by atoms with Crippen LogP contribution in [0.3, 0.4) is 0 Å². The number of rotatable bonds is 16. The Bertz CT molecular complexity index is 2100. The second-order valence-electron chi connectivity index (χ2n) is 12.0. The molecule has 0 aliphatic heterocycles. The molecule has 262 valence electrons. The highest BCUT2D eigenvalue weighted by Gasteiger charge is 2.20. The molecular weight excluding hydrogens is 648 g/mol. The molecule has 3 aromatic carbocycles. The highest BCUT2D eigenvalue weighted by atomic mass is 16.6. The lowest BCUT2D eigenvalue weighted by atomic mass is 10.0. The number of nitro groups is 2. The molecule has 0 spiro atoms. The van der Waals surface area contributed by atoms with Gasteiger partial charge in [0.2, 0.25) is 0 Å². The molecule has 0 amide bonds. The first-order chi connectivity index (χ1) is 24.0. The van der Waals surface area contributed by atoms with Crippen LogP contribution < -0.4 is 10.9 Å². The Hall–Kier alpha value is -5.66. The molecule has 50 heavy (non-hydrogen) atoms. The fourth-order valence-electron chi connectivity index (χ4n) is 6.43. The zero-order chi connectivity index (χ0) is 35.9. The van der Waals surface area contributed by atoms with Crippen molar-refractivity contribution in [3.8, 4) is 0 Å². The molecule has 14 heteroatoms. The van der Waals surface area contributed by atoms with E-state index in [0.29, 0.717) is 86.9 Å². The summed E-state index contributed by atoms with van der Waals surface area (Å²) in [6.07, 6.45) is 4.20. The maximum Gasteiger partial charge on any atom is 0.305 e. The van der Waals surface area contributed by atoms with Gasteiger partial charge in [-0.15, -0.1) is 0 Å². The van der Waals surface area contributed by atoms with Crippen molar-refractivity contribution in [2.75, 3.05) is 13.2 Å². The number of fused-ring (bicyclic) bond motifs is 4. The van der Waals surface area contributed by atoms with E-state index in [-0.39, 0.29) is 57.7 Å². The van der Waals surface area contributed by atoms with E-state index in [9.17, 15) is 39.4 Å². The minimum Gasteiger partial charge on any atom is -0.466 e. The number of aryl methyl sites for hydroxylation is 2. The minimum atomic E-state index is -0.561. The van der Waals surface area contributed by atoms with Crippen molar-refractivity contribution in [2.24, 2.45) is 0 Å². The summed E-state index contributed by atoms with van der Waals surface area (Å²) in [5.74, 6) is -0.568. The van der Waals surface area contributed by atoms with E-state index in [2.05, 4.69) is 0 Å². The van der Waals surface area contributed by atoms with Crippen molar-refractivity contribution in [2.45, 2.75) is 78.3 Å². The zero-order valence-electron chi connectivity index (χ0n) is 28.0. The van der Waals surface area contributed by atoms with Crippen LogP contribution in [0, 0.1) is 20.2 Å². The highest BCUT2D eigenvalue weighted by molar-refractivity contribution is 6.04. The van der Waals surface area contributed by atoms with E-state index in [0.717, 1.165) is 0 Å². The minimum absolute atomic E-state index is 0.154. The molecule has 0 saturated carbocycles. The van der Waals surface area contributed by atoms with E-state index >= 15 is 0 Å². The summed E-state index contributed by atoms with van der Waals surface area (Å²) in [4.78, 5) is 74.0. The van der Waals surface area contributed by atoms with Crippen LogP contribution in [-0.2, 0) is 32.2 Å². The van der Waals surface area contributed by atoms with Crippen LogP contribution >= 0.6 is 0 Å². The van der Waals surface area contributed by atoms with Gasteiger partial charge in [-0.2, -0.15) is 0 Å². The first kappa shape index (κ1) is 35.6. The average molecular weight is 687 g/mol. The van der Waals surface area contributed by atoms with Crippen molar-refractivity contribution in [3.05, 3.63) is 89.2 Å². The van der Waals surface area contributed by atoms with Gasteiger partial charge in [0.15, 0.2) is 10.9 Å². The number of carbonyl (C=O) groups excluding carboxylic acids is 2. The fourth-order valence-corrected chi connectivity index (χ4v) is 6.43. The van der Waals surface area contributed by atoms with Gasteiger partial charge in [-0.1, -0.05) is 12.8 Å². The van der Waals surface area contributed by atoms with Crippen molar-refractivity contribution in [1.82, 2.24) is 9.13 Å². The number of hydrogen-bond donors (Lipinski definition) is 0. The van der Waals surface area contributed by atoms with Gasteiger partial charge < -0.3 is 18.6 Å². The fraction of sp³-hybridized carbons (Fsp3) is 0.389. The normalized spacial score (nSPS) is 11.4. The second-order valence-corrected chi connectivity index (χ2v) is 12.0. The Morgan fingerprint density at radius 3 is 1.32 bits per heavy atom. The smallest absolute Gasteiger partial charge is 0.305 e. The van der Waals surface area contributed by atoms with E-state index in [1.165, 1.54) is 36.4 Å². The molecule has 0 unspecified atom stereocenters. The summed E-state index contributed by atoms with van der Waals surface area (Å²) in [7, 11) is 0. The number of pyridine rings is 2. The van der Waals surface area contributed by atoms with Crippen LogP contribution in [0.5, 0.6) is 0 Å². The molecule has 0 fully saturated rings. The first-order valence-corrected chi connectivity index (χ1v) is 16.8. The number of unbranched alkanes of at least 4 members (excludes halogenated alkanes) is 4. The third-order valence-corrected chi connectivity index (χ3v) is 8.77. The molecule has 0 saturated heterocycles. The molecule has 0 aliphatic carbocycles. The summed E-state index contributed by atoms with van der Waals surface area (Å²) in [5.41, 5.74) is 0.459.